The molecule has 0 saturated heterocycles. The molecule has 0 aliphatic heterocycles. The average molecular weight is 256 g/mol. The second kappa shape index (κ2) is 5.09. The first-order valence-electron chi connectivity index (χ1n) is 6.36. The second-order valence-electron chi connectivity index (χ2n) is 4.45. The van der Waals surface area contributed by atoms with Crippen molar-refractivity contribution in [3.63, 3.8) is 0 Å². The molecule has 2 N–H and O–H groups in total. The SMILES string of the molecule is Cc1cc2nccc(NCCCc3ncc[nH]3)n2n1. The van der Waals surface area contributed by atoms with Crippen molar-refractivity contribution in [1.29, 1.82) is 0 Å². The molecule has 0 unspecified atom stereocenters. The van der Waals surface area contributed by atoms with Crippen LogP contribution in [0, 0.1) is 6.92 Å². The van der Waals surface area contributed by atoms with Gasteiger partial charge in [-0.05, 0) is 19.4 Å². The van der Waals surface area contributed by atoms with E-state index < -0.39 is 0 Å². The van der Waals surface area contributed by atoms with Gasteiger partial charge in [-0.3, -0.25) is 0 Å². The highest BCUT2D eigenvalue weighted by Crippen LogP contribution is 2.10. The number of aryl methyl sites for hydroxylation is 2. The minimum Gasteiger partial charge on any atom is -0.370 e. The van der Waals surface area contributed by atoms with Crippen LogP contribution in [0.5, 0.6) is 0 Å². The lowest BCUT2D eigenvalue weighted by Gasteiger charge is -2.07. The first-order chi connectivity index (χ1) is 9.33. The average Bonchev–Trinajstić information content (AvgIpc) is 3.02. The molecule has 98 valence electrons. The Labute approximate surface area is 110 Å². The Morgan fingerprint density at radius 2 is 2.26 bits per heavy atom. The third-order valence-electron chi connectivity index (χ3n) is 2.93. The predicted octanol–water partition coefficient (Wildman–Crippen LogP) is 1.81. The maximum absolute atomic E-state index is 4.41. The summed E-state index contributed by atoms with van der Waals surface area (Å²) in [5, 5.41) is 7.80. The van der Waals surface area contributed by atoms with E-state index in [1.807, 2.05) is 29.8 Å². The molecule has 0 amide bonds. The Kier molecular flexibility index (Phi) is 3.14. The molecule has 0 aliphatic rings. The Balaban J connectivity index is 1.62. The third-order valence-corrected chi connectivity index (χ3v) is 2.93. The molecule has 0 saturated carbocycles. The highest BCUT2D eigenvalue weighted by atomic mass is 15.3. The summed E-state index contributed by atoms with van der Waals surface area (Å²) in [6, 6.07) is 3.90. The summed E-state index contributed by atoms with van der Waals surface area (Å²) in [5.74, 6) is 1.99. The summed E-state index contributed by atoms with van der Waals surface area (Å²) in [7, 11) is 0. The largest absolute Gasteiger partial charge is 0.370 e. The zero-order valence-corrected chi connectivity index (χ0v) is 10.8. The highest BCUT2D eigenvalue weighted by molar-refractivity contribution is 5.48. The van der Waals surface area contributed by atoms with E-state index >= 15 is 0 Å². The molecule has 6 heteroatoms. The van der Waals surface area contributed by atoms with E-state index in [2.05, 4.69) is 25.4 Å². The lowest BCUT2D eigenvalue weighted by molar-refractivity contribution is 0.805. The van der Waals surface area contributed by atoms with Gasteiger partial charge in [0, 0.05) is 37.6 Å². The number of anilines is 1. The number of hydrogen-bond acceptors (Lipinski definition) is 4. The molecule has 0 aromatic carbocycles. The van der Waals surface area contributed by atoms with Crippen LogP contribution >= 0.6 is 0 Å². The van der Waals surface area contributed by atoms with Gasteiger partial charge >= 0.3 is 0 Å². The summed E-state index contributed by atoms with van der Waals surface area (Å²) in [6.45, 7) is 2.84. The van der Waals surface area contributed by atoms with E-state index in [1.165, 1.54) is 0 Å². The third kappa shape index (κ3) is 2.57. The first kappa shape index (κ1) is 11.7. The van der Waals surface area contributed by atoms with Crippen molar-refractivity contribution in [2.24, 2.45) is 0 Å². The number of hydrogen-bond donors (Lipinski definition) is 2. The summed E-state index contributed by atoms with van der Waals surface area (Å²) >= 11 is 0. The lowest BCUT2D eigenvalue weighted by Crippen LogP contribution is -2.08. The predicted molar refractivity (Wildman–Crippen MR) is 73.1 cm³/mol. The van der Waals surface area contributed by atoms with Crippen LogP contribution in [0.2, 0.25) is 0 Å². The van der Waals surface area contributed by atoms with Gasteiger partial charge in [0.2, 0.25) is 0 Å². The summed E-state index contributed by atoms with van der Waals surface area (Å²) in [4.78, 5) is 11.6. The Morgan fingerprint density at radius 3 is 3.11 bits per heavy atom. The van der Waals surface area contributed by atoms with Gasteiger partial charge in [0.25, 0.3) is 0 Å². The molecule has 0 atom stereocenters. The number of nitrogens with one attached hydrogen (secondary N) is 2. The van der Waals surface area contributed by atoms with E-state index in [1.54, 1.807) is 12.4 Å². The van der Waals surface area contributed by atoms with Gasteiger partial charge in [-0.15, -0.1) is 0 Å². The quantitative estimate of drug-likeness (QED) is 0.683. The fourth-order valence-electron chi connectivity index (χ4n) is 2.05. The fraction of sp³-hybridized carbons (Fsp3) is 0.308. The molecular formula is C13H16N6. The molecule has 0 fully saturated rings. The number of imidazole rings is 1. The van der Waals surface area contributed by atoms with Gasteiger partial charge in [-0.25, -0.2) is 9.97 Å². The van der Waals surface area contributed by atoms with Crippen molar-refractivity contribution in [2.75, 3.05) is 11.9 Å². The van der Waals surface area contributed by atoms with E-state index in [9.17, 15) is 0 Å². The van der Waals surface area contributed by atoms with Crippen molar-refractivity contribution in [2.45, 2.75) is 19.8 Å². The summed E-state index contributed by atoms with van der Waals surface area (Å²) in [5.41, 5.74) is 1.84. The molecule has 3 heterocycles. The van der Waals surface area contributed by atoms with Gasteiger partial charge in [-0.1, -0.05) is 0 Å². The van der Waals surface area contributed by atoms with Crippen molar-refractivity contribution in [3.8, 4) is 0 Å². The topological polar surface area (TPSA) is 70.9 Å². The molecular weight excluding hydrogens is 240 g/mol. The standard InChI is InChI=1S/C13H16N6/c1-10-9-13-17-6-4-12(19(13)18-10)16-5-2-3-11-14-7-8-15-11/h4,6-9,16H,2-3,5H2,1H3,(H,14,15). The molecule has 0 aliphatic carbocycles. The maximum Gasteiger partial charge on any atom is 0.157 e. The van der Waals surface area contributed by atoms with Crippen LogP contribution in [0.3, 0.4) is 0 Å². The molecule has 3 aromatic heterocycles. The first-order valence-corrected chi connectivity index (χ1v) is 6.36. The molecule has 0 radical (unpaired) electrons. The minimum atomic E-state index is 0.869. The van der Waals surface area contributed by atoms with Crippen LogP contribution in [0.25, 0.3) is 5.65 Å². The number of aromatic nitrogens is 5. The lowest BCUT2D eigenvalue weighted by atomic mass is 10.3. The van der Waals surface area contributed by atoms with E-state index in [4.69, 9.17) is 0 Å². The number of H-pyrrole nitrogens is 1. The number of nitrogens with zero attached hydrogens (tertiary/aromatic N) is 4. The van der Waals surface area contributed by atoms with Crippen LogP contribution < -0.4 is 5.32 Å². The van der Waals surface area contributed by atoms with Crippen LogP contribution in [-0.4, -0.2) is 31.1 Å². The van der Waals surface area contributed by atoms with Gasteiger partial charge in [0.15, 0.2) is 5.65 Å². The van der Waals surface area contributed by atoms with Crippen molar-refractivity contribution in [1.82, 2.24) is 24.6 Å². The van der Waals surface area contributed by atoms with Crippen molar-refractivity contribution < 1.29 is 0 Å². The zero-order chi connectivity index (χ0) is 13.1. The summed E-state index contributed by atoms with van der Waals surface area (Å²) in [6.07, 6.45) is 7.37. The molecule has 3 aromatic rings. The van der Waals surface area contributed by atoms with Gasteiger partial charge in [0.05, 0.1) is 5.69 Å². The number of rotatable bonds is 5. The molecule has 3 rings (SSSR count). The maximum atomic E-state index is 4.41. The van der Waals surface area contributed by atoms with Gasteiger partial charge in [0.1, 0.15) is 11.6 Å². The Hall–Kier alpha value is -2.37. The number of aromatic amines is 1. The molecule has 0 spiro atoms. The van der Waals surface area contributed by atoms with Gasteiger partial charge < -0.3 is 10.3 Å². The van der Waals surface area contributed by atoms with Crippen molar-refractivity contribution >= 4 is 11.5 Å². The van der Waals surface area contributed by atoms with Crippen molar-refractivity contribution in [3.05, 3.63) is 42.2 Å². The Morgan fingerprint density at radius 1 is 1.32 bits per heavy atom. The highest BCUT2D eigenvalue weighted by Gasteiger charge is 2.03. The Bertz CT molecular complexity index is 655. The molecule has 0 bridgehead atoms. The minimum absolute atomic E-state index is 0.869. The van der Waals surface area contributed by atoms with Crippen LogP contribution in [0.4, 0.5) is 5.82 Å². The van der Waals surface area contributed by atoms with E-state index in [0.717, 1.165) is 42.4 Å². The zero-order valence-electron chi connectivity index (χ0n) is 10.8. The van der Waals surface area contributed by atoms with E-state index in [0.29, 0.717) is 0 Å². The van der Waals surface area contributed by atoms with Gasteiger partial charge in [-0.2, -0.15) is 9.61 Å². The second-order valence-corrected chi connectivity index (χ2v) is 4.45. The van der Waals surface area contributed by atoms with Crippen LogP contribution in [-0.2, 0) is 6.42 Å². The van der Waals surface area contributed by atoms with Crippen LogP contribution in [0.1, 0.15) is 17.9 Å². The number of fused-ring (bicyclic) bond motifs is 1. The smallest absolute Gasteiger partial charge is 0.157 e. The van der Waals surface area contributed by atoms with Crippen LogP contribution in [0.15, 0.2) is 30.7 Å². The normalized spacial score (nSPS) is 11.0. The summed E-state index contributed by atoms with van der Waals surface area (Å²) < 4.78 is 1.84. The monoisotopic (exact) mass is 256 g/mol. The van der Waals surface area contributed by atoms with E-state index in [-0.39, 0.29) is 0 Å². The molecule has 19 heavy (non-hydrogen) atoms. The molecule has 6 nitrogen and oxygen atoms in total. The fourth-order valence-corrected chi connectivity index (χ4v) is 2.05.